The lowest BCUT2D eigenvalue weighted by atomic mass is 10.1. The summed E-state index contributed by atoms with van der Waals surface area (Å²) in [5.74, 6) is 1.14. The van der Waals surface area contributed by atoms with Crippen LogP contribution in [0.1, 0.15) is 40.9 Å². The van der Waals surface area contributed by atoms with Gasteiger partial charge in [0.15, 0.2) is 5.96 Å². The van der Waals surface area contributed by atoms with Crippen LogP contribution in [-0.2, 0) is 18.8 Å². The van der Waals surface area contributed by atoms with Gasteiger partial charge >= 0.3 is 0 Å². The SMILES string of the molecule is CCNC(=O)c1cccc(CN=C(NCC)NCc2ccc(F)cc2CSC)c1.I. The maximum atomic E-state index is 13.5. The Balaban J connectivity index is 0.00000450. The molecule has 0 fully saturated rings. The standard InChI is InChI=1S/C22H29FN4OS.HI/c1-4-24-21(28)17-8-6-7-16(11-17)13-26-22(25-5-2)27-14-18-9-10-20(23)12-19(18)15-29-3;/h6-12H,4-5,13-15H2,1-3H3,(H,24,28)(H2,25,26,27);1H. The Kier molecular flexibility index (Phi) is 12.4. The second-order valence-corrected chi connectivity index (χ2v) is 7.32. The van der Waals surface area contributed by atoms with Gasteiger partial charge in [0.1, 0.15) is 5.82 Å². The average Bonchev–Trinajstić information content (AvgIpc) is 2.72. The first kappa shape index (κ1) is 26.2. The molecule has 0 saturated carbocycles. The summed E-state index contributed by atoms with van der Waals surface area (Å²) in [6, 6.07) is 12.4. The zero-order valence-electron chi connectivity index (χ0n) is 17.6. The number of nitrogens with one attached hydrogen (secondary N) is 3. The Labute approximate surface area is 199 Å². The number of hydrogen-bond donors (Lipinski definition) is 3. The number of hydrogen-bond acceptors (Lipinski definition) is 3. The first-order chi connectivity index (χ1) is 14.1. The monoisotopic (exact) mass is 544 g/mol. The average molecular weight is 544 g/mol. The zero-order valence-corrected chi connectivity index (χ0v) is 20.8. The molecule has 0 aliphatic heterocycles. The Hall–Kier alpha value is -1.81. The lowest BCUT2D eigenvalue weighted by Gasteiger charge is -2.14. The normalized spacial score (nSPS) is 10.9. The molecule has 0 unspecified atom stereocenters. The molecular formula is C22H30FIN4OS. The summed E-state index contributed by atoms with van der Waals surface area (Å²) in [7, 11) is 0. The minimum absolute atomic E-state index is 0. The maximum absolute atomic E-state index is 13.5. The largest absolute Gasteiger partial charge is 0.357 e. The highest BCUT2D eigenvalue weighted by Crippen LogP contribution is 2.16. The van der Waals surface area contributed by atoms with Crippen LogP contribution < -0.4 is 16.0 Å². The predicted molar refractivity (Wildman–Crippen MR) is 135 cm³/mol. The van der Waals surface area contributed by atoms with E-state index in [-0.39, 0.29) is 35.7 Å². The van der Waals surface area contributed by atoms with E-state index >= 15 is 0 Å². The number of carbonyl (C=O) groups is 1. The lowest BCUT2D eigenvalue weighted by Crippen LogP contribution is -2.37. The van der Waals surface area contributed by atoms with Gasteiger partial charge in [-0.05, 0) is 61.1 Å². The van der Waals surface area contributed by atoms with E-state index < -0.39 is 0 Å². The summed E-state index contributed by atoms with van der Waals surface area (Å²) in [6.07, 6.45) is 2.00. The van der Waals surface area contributed by atoms with Gasteiger partial charge in [-0.1, -0.05) is 18.2 Å². The number of carbonyl (C=O) groups excluding carboxylic acids is 1. The van der Waals surface area contributed by atoms with E-state index in [0.29, 0.717) is 31.2 Å². The van der Waals surface area contributed by atoms with Gasteiger partial charge in [-0.2, -0.15) is 11.8 Å². The number of rotatable bonds is 9. The second kappa shape index (κ2) is 14.2. The lowest BCUT2D eigenvalue weighted by molar-refractivity contribution is 0.0955. The van der Waals surface area contributed by atoms with Crippen molar-refractivity contribution in [2.45, 2.75) is 32.7 Å². The van der Waals surface area contributed by atoms with Crippen LogP contribution in [0.25, 0.3) is 0 Å². The first-order valence-electron chi connectivity index (χ1n) is 9.72. The Morgan fingerprint density at radius 2 is 1.80 bits per heavy atom. The van der Waals surface area contributed by atoms with Crippen molar-refractivity contribution in [3.8, 4) is 0 Å². The van der Waals surface area contributed by atoms with Gasteiger partial charge in [0.05, 0.1) is 6.54 Å². The van der Waals surface area contributed by atoms with E-state index in [4.69, 9.17) is 0 Å². The number of benzene rings is 2. The van der Waals surface area contributed by atoms with Gasteiger partial charge in [0.25, 0.3) is 5.91 Å². The fraction of sp³-hybridized carbons (Fsp3) is 0.364. The molecule has 0 radical (unpaired) electrons. The van der Waals surface area contributed by atoms with Crippen LogP contribution in [0.3, 0.4) is 0 Å². The van der Waals surface area contributed by atoms with Crippen molar-refractivity contribution in [1.29, 1.82) is 0 Å². The summed E-state index contributed by atoms with van der Waals surface area (Å²) >= 11 is 1.66. The highest BCUT2D eigenvalue weighted by atomic mass is 127. The second-order valence-electron chi connectivity index (χ2n) is 6.45. The molecule has 3 N–H and O–H groups in total. The highest BCUT2D eigenvalue weighted by Gasteiger charge is 2.07. The van der Waals surface area contributed by atoms with Crippen LogP contribution in [0.15, 0.2) is 47.5 Å². The van der Waals surface area contributed by atoms with Gasteiger partial charge in [0.2, 0.25) is 0 Å². The molecule has 8 heteroatoms. The van der Waals surface area contributed by atoms with E-state index in [1.54, 1.807) is 23.9 Å². The molecule has 0 aliphatic carbocycles. The van der Waals surface area contributed by atoms with Crippen molar-refractivity contribution in [2.75, 3.05) is 19.3 Å². The molecule has 0 aliphatic rings. The molecule has 2 rings (SSSR count). The van der Waals surface area contributed by atoms with Crippen LogP contribution in [0.2, 0.25) is 0 Å². The summed E-state index contributed by atoms with van der Waals surface area (Å²) in [6.45, 7) is 6.23. The fourth-order valence-electron chi connectivity index (χ4n) is 2.82. The molecule has 0 heterocycles. The van der Waals surface area contributed by atoms with Crippen LogP contribution >= 0.6 is 35.7 Å². The van der Waals surface area contributed by atoms with Gasteiger partial charge in [0, 0.05) is 31.0 Å². The van der Waals surface area contributed by atoms with Crippen LogP contribution in [-0.4, -0.2) is 31.2 Å². The molecule has 0 spiro atoms. The van der Waals surface area contributed by atoms with Gasteiger partial charge in [-0.3, -0.25) is 4.79 Å². The van der Waals surface area contributed by atoms with E-state index in [0.717, 1.165) is 29.0 Å². The maximum Gasteiger partial charge on any atom is 0.251 e. The molecule has 0 aromatic heterocycles. The molecule has 1 amide bonds. The third-order valence-electron chi connectivity index (χ3n) is 4.20. The van der Waals surface area contributed by atoms with Crippen LogP contribution in [0.5, 0.6) is 0 Å². The summed E-state index contributed by atoms with van der Waals surface area (Å²) in [5, 5.41) is 9.34. The topological polar surface area (TPSA) is 65.5 Å². The summed E-state index contributed by atoms with van der Waals surface area (Å²) in [4.78, 5) is 16.6. The minimum atomic E-state index is -0.217. The first-order valence-corrected chi connectivity index (χ1v) is 11.1. The third kappa shape index (κ3) is 8.51. The number of halogens is 2. The molecule has 5 nitrogen and oxygen atoms in total. The van der Waals surface area contributed by atoms with Gasteiger partial charge in [-0.15, -0.1) is 24.0 Å². The van der Waals surface area contributed by atoms with Gasteiger partial charge in [-0.25, -0.2) is 9.38 Å². The highest BCUT2D eigenvalue weighted by molar-refractivity contribution is 14.0. The van der Waals surface area contributed by atoms with Gasteiger partial charge < -0.3 is 16.0 Å². The van der Waals surface area contributed by atoms with Crippen molar-refractivity contribution >= 4 is 47.6 Å². The van der Waals surface area contributed by atoms with E-state index in [9.17, 15) is 9.18 Å². The minimum Gasteiger partial charge on any atom is -0.357 e. The number of thioether (sulfide) groups is 1. The predicted octanol–water partition coefficient (Wildman–Crippen LogP) is 4.31. The Morgan fingerprint density at radius 3 is 2.50 bits per heavy atom. The van der Waals surface area contributed by atoms with Crippen molar-refractivity contribution < 1.29 is 9.18 Å². The quantitative estimate of drug-likeness (QED) is 0.250. The molecule has 0 bridgehead atoms. The summed E-state index contributed by atoms with van der Waals surface area (Å²) in [5.41, 5.74) is 3.61. The van der Waals surface area contributed by atoms with Crippen molar-refractivity contribution in [1.82, 2.24) is 16.0 Å². The number of guanidine groups is 1. The molecule has 0 atom stereocenters. The number of nitrogens with zero attached hydrogens (tertiary/aromatic N) is 1. The van der Waals surface area contributed by atoms with Crippen molar-refractivity contribution in [3.63, 3.8) is 0 Å². The number of amides is 1. The van der Waals surface area contributed by atoms with Crippen molar-refractivity contribution in [3.05, 3.63) is 70.5 Å². The molecule has 2 aromatic rings. The zero-order chi connectivity index (χ0) is 21.1. The number of aliphatic imine (C=N–C) groups is 1. The smallest absolute Gasteiger partial charge is 0.251 e. The molecular weight excluding hydrogens is 514 g/mol. The van der Waals surface area contributed by atoms with E-state index in [2.05, 4.69) is 20.9 Å². The van der Waals surface area contributed by atoms with E-state index in [1.807, 2.05) is 44.4 Å². The van der Waals surface area contributed by atoms with Crippen molar-refractivity contribution in [2.24, 2.45) is 4.99 Å². The third-order valence-corrected chi connectivity index (χ3v) is 4.80. The summed E-state index contributed by atoms with van der Waals surface area (Å²) < 4.78 is 13.5. The molecule has 164 valence electrons. The Bertz CT molecular complexity index is 848. The molecule has 2 aromatic carbocycles. The van der Waals surface area contributed by atoms with Crippen LogP contribution in [0, 0.1) is 5.82 Å². The Morgan fingerprint density at radius 1 is 1.03 bits per heavy atom. The molecule has 0 saturated heterocycles. The fourth-order valence-corrected chi connectivity index (χ4v) is 3.40. The van der Waals surface area contributed by atoms with E-state index in [1.165, 1.54) is 6.07 Å². The molecule has 30 heavy (non-hydrogen) atoms. The van der Waals surface area contributed by atoms with Crippen LogP contribution in [0.4, 0.5) is 4.39 Å².